The van der Waals surface area contributed by atoms with Gasteiger partial charge in [-0.2, -0.15) is 9.97 Å². The Morgan fingerprint density at radius 2 is 1.65 bits per heavy atom. The molecular formula is C29H31N3O5. The first-order chi connectivity index (χ1) is 17.7. The molecule has 8 heteroatoms. The summed E-state index contributed by atoms with van der Waals surface area (Å²) in [6, 6.07) is 18.0. The van der Waals surface area contributed by atoms with Gasteiger partial charge in [-0.25, -0.2) is 4.79 Å². The second-order valence-electron chi connectivity index (χ2n) is 10.3. The molecule has 2 heterocycles. The first kappa shape index (κ1) is 24.6. The Hall–Kier alpha value is -4.07. The topological polar surface area (TPSA) is 97.9 Å². The van der Waals surface area contributed by atoms with Crippen molar-refractivity contribution in [3.05, 3.63) is 60.2 Å². The van der Waals surface area contributed by atoms with Crippen molar-refractivity contribution in [2.75, 3.05) is 14.2 Å². The van der Waals surface area contributed by atoms with Gasteiger partial charge in [0.05, 0.1) is 19.8 Å². The van der Waals surface area contributed by atoms with Gasteiger partial charge in [0.25, 0.3) is 0 Å². The van der Waals surface area contributed by atoms with Gasteiger partial charge in [-0.05, 0) is 51.2 Å². The number of fused-ring (bicyclic) bond motifs is 1. The van der Waals surface area contributed by atoms with Crippen molar-refractivity contribution in [2.24, 2.45) is 0 Å². The fourth-order valence-electron chi connectivity index (χ4n) is 5.47. The molecule has 0 saturated heterocycles. The molecule has 37 heavy (non-hydrogen) atoms. The predicted molar refractivity (Wildman–Crippen MR) is 141 cm³/mol. The molecule has 0 aliphatic heterocycles. The van der Waals surface area contributed by atoms with Gasteiger partial charge < -0.3 is 19.0 Å². The van der Waals surface area contributed by atoms with Gasteiger partial charge in [-0.3, -0.25) is 4.90 Å². The molecule has 0 atom stereocenters. The van der Waals surface area contributed by atoms with Crippen LogP contribution in [0.2, 0.25) is 0 Å². The van der Waals surface area contributed by atoms with Crippen LogP contribution in [0.5, 0.6) is 11.9 Å². The minimum absolute atomic E-state index is 0.155. The van der Waals surface area contributed by atoms with Crippen molar-refractivity contribution in [3.63, 3.8) is 0 Å². The molecule has 2 aromatic carbocycles. The SMILES string of the molecule is COc1nc(OC)c2c(-c3ccccc3)c(-c3ccc(C4(N(C(=O)O)C(C)(C)C)CCC4)cc3)oc2n1. The van der Waals surface area contributed by atoms with Gasteiger partial charge in [-0.15, -0.1) is 0 Å². The summed E-state index contributed by atoms with van der Waals surface area (Å²) in [5, 5.41) is 10.8. The number of methoxy groups -OCH3 is 2. The highest BCUT2D eigenvalue weighted by molar-refractivity contribution is 6.03. The van der Waals surface area contributed by atoms with E-state index in [1.54, 1.807) is 12.0 Å². The van der Waals surface area contributed by atoms with E-state index in [0.717, 1.165) is 41.5 Å². The summed E-state index contributed by atoms with van der Waals surface area (Å²) in [4.78, 5) is 22.8. The quantitative estimate of drug-likeness (QED) is 0.313. The molecule has 0 unspecified atom stereocenters. The highest BCUT2D eigenvalue weighted by atomic mass is 16.5. The number of benzene rings is 2. The van der Waals surface area contributed by atoms with Crippen molar-refractivity contribution >= 4 is 17.2 Å². The van der Waals surface area contributed by atoms with Gasteiger partial charge >= 0.3 is 12.1 Å². The van der Waals surface area contributed by atoms with E-state index >= 15 is 0 Å². The highest BCUT2D eigenvalue weighted by Gasteiger charge is 2.50. The smallest absolute Gasteiger partial charge is 0.408 e. The summed E-state index contributed by atoms with van der Waals surface area (Å²) in [7, 11) is 3.05. The van der Waals surface area contributed by atoms with Crippen LogP contribution in [-0.4, -0.2) is 45.8 Å². The summed E-state index contributed by atoms with van der Waals surface area (Å²) in [6.07, 6.45) is 1.67. The van der Waals surface area contributed by atoms with Gasteiger partial charge in [0.15, 0.2) is 0 Å². The standard InChI is InChI=1S/C29H31N3O5/c1-28(2,3)32(27(33)34)29(16-9-17-29)20-14-12-19(13-15-20)23-21(18-10-7-6-8-11-18)22-24(35-4)30-26(36-5)31-25(22)37-23/h6-8,10-15H,9,16-17H2,1-5H3,(H,33,34). The van der Waals surface area contributed by atoms with Crippen molar-refractivity contribution in [3.8, 4) is 34.3 Å². The van der Waals surface area contributed by atoms with Crippen LogP contribution < -0.4 is 9.47 Å². The van der Waals surface area contributed by atoms with E-state index in [1.807, 2.05) is 75.4 Å². The van der Waals surface area contributed by atoms with Crippen molar-refractivity contribution in [2.45, 2.75) is 51.1 Å². The summed E-state index contributed by atoms with van der Waals surface area (Å²) in [5.41, 5.74) is 2.88. The average molecular weight is 502 g/mol. The highest BCUT2D eigenvalue weighted by Crippen LogP contribution is 2.50. The monoisotopic (exact) mass is 501 g/mol. The molecule has 8 nitrogen and oxygen atoms in total. The Morgan fingerprint density at radius 1 is 0.973 bits per heavy atom. The Kier molecular flexibility index (Phi) is 6.06. The maximum atomic E-state index is 12.3. The first-order valence-electron chi connectivity index (χ1n) is 12.3. The predicted octanol–water partition coefficient (Wildman–Crippen LogP) is 6.73. The van der Waals surface area contributed by atoms with E-state index in [1.165, 1.54) is 7.11 Å². The minimum atomic E-state index is -0.903. The Morgan fingerprint density at radius 3 is 2.16 bits per heavy atom. The van der Waals surface area contributed by atoms with Crippen molar-refractivity contribution < 1.29 is 23.8 Å². The fraction of sp³-hybridized carbons (Fsp3) is 0.345. The van der Waals surface area contributed by atoms with E-state index in [9.17, 15) is 9.90 Å². The van der Waals surface area contributed by atoms with Gasteiger partial charge in [0.2, 0.25) is 11.6 Å². The molecule has 1 aliphatic rings. The molecule has 0 spiro atoms. The number of carboxylic acid groups (broad SMARTS) is 1. The first-order valence-corrected chi connectivity index (χ1v) is 12.3. The van der Waals surface area contributed by atoms with Crippen LogP contribution in [-0.2, 0) is 5.54 Å². The molecule has 4 aromatic rings. The number of amides is 1. The molecule has 1 saturated carbocycles. The zero-order valence-electron chi connectivity index (χ0n) is 21.7. The summed E-state index contributed by atoms with van der Waals surface area (Å²) < 4.78 is 17.2. The number of hydrogen-bond acceptors (Lipinski definition) is 6. The van der Waals surface area contributed by atoms with Crippen LogP contribution in [0.25, 0.3) is 33.6 Å². The maximum absolute atomic E-state index is 12.3. The largest absolute Gasteiger partial charge is 0.480 e. The van der Waals surface area contributed by atoms with E-state index < -0.39 is 17.2 Å². The van der Waals surface area contributed by atoms with Gasteiger partial charge in [0.1, 0.15) is 11.1 Å². The Bertz CT molecular complexity index is 1430. The lowest BCUT2D eigenvalue weighted by molar-refractivity contribution is -0.0328. The minimum Gasteiger partial charge on any atom is -0.480 e. The molecule has 1 N–H and O–H groups in total. The maximum Gasteiger partial charge on any atom is 0.408 e. The lowest BCUT2D eigenvalue weighted by Crippen LogP contribution is -2.60. The lowest BCUT2D eigenvalue weighted by atomic mass is 9.69. The van der Waals surface area contributed by atoms with Crippen LogP contribution in [0.3, 0.4) is 0 Å². The van der Waals surface area contributed by atoms with Crippen molar-refractivity contribution in [1.82, 2.24) is 14.9 Å². The normalized spacial score (nSPS) is 14.7. The number of rotatable bonds is 6. The third kappa shape index (κ3) is 4.06. The fourth-order valence-corrected chi connectivity index (χ4v) is 5.47. The van der Waals surface area contributed by atoms with Crippen molar-refractivity contribution in [1.29, 1.82) is 0 Å². The van der Waals surface area contributed by atoms with Crippen LogP contribution in [0.4, 0.5) is 4.79 Å². The van der Waals surface area contributed by atoms with Gasteiger partial charge in [0, 0.05) is 16.7 Å². The molecule has 192 valence electrons. The molecule has 1 aliphatic carbocycles. The van der Waals surface area contributed by atoms with Crippen LogP contribution in [0.15, 0.2) is 59.0 Å². The number of nitrogens with zero attached hydrogens (tertiary/aromatic N) is 3. The Labute approximate surface area is 215 Å². The molecule has 5 rings (SSSR count). The number of carbonyl (C=O) groups is 1. The van der Waals surface area contributed by atoms with Crippen LogP contribution >= 0.6 is 0 Å². The van der Waals surface area contributed by atoms with Gasteiger partial charge in [-0.1, -0.05) is 54.6 Å². The third-order valence-electron chi connectivity index (χ3n) is 7.09. The zero-order valence-corrected chi connectivity index (χ0v) is 21.7. The lowest BCUT2D eigenvalue weighted by Gasteiger charge is -2.54. The average Bonchev–Trinajstić information content (AvgIpc) is 3.24. The summed E-state index contributed by atoms with van der Waals surface area (Å²) in [6.45, 7) is 5.83. The third-order valence-corrected chi connectivity index (χ3v) is 7.09. The van der Waals surface area contributed by atoms with Crippen LogP contribution in [0.1, 0.15) is 45.6 Å². The number of ether oxygens (including phenoxy) is 2. The molecule has 1 fully saturated rings. The molecule has 2 aromatic heterocycles. The summed E-state index contributed by atoms with van der Waals surface area (Å²) >= 11 is 0. The number of aromatic nitrogens is 2. The zero-order chi connectivity index (χ0) is 26.4. The van der Waals surface area contributed by atoms with Crippen LogP contribution in [0, 0.1) is 0 Å². The second-order valence-corrected chi connectivity index (χ2v) is 10.3. The molecule has 0 bridgehead atoms. The second kappa shape index (κ2) is 9.10. The number of hydrogen-bond donors (Lipinski definition) is 1. The summed E-state index contributed by atoms with van der Waals surface area (Å²) in [5.74, 6) is 0.991. The molecular weight excluding hydrogens is 470 g/mol. The molecule has 1 amide bonds. The van der Waals surface area contributed by atoms with E-state index in [2.05, 4.69) is 9.97 Å². The van der Waals surface area contributed by atoms with E-state index in [-0.39, 0.29) is 6.01 Å². The molecule has 0 radical (unpaired) electrons. The number of furan rings is 1. The van der Waals surface area contributed by atoms with E-state index in [4.69, 9.17) is 13.9 Å². The Balaban J connectivity index is 1.67. The van der Waals surface area contributed by atoms with E-state index in [0.29, 0.717) is 22.7 Å².